The van der Waals surface area contributed by atoms with Gasteiger partial charge in [-0.1, -0.05) is 6.07 Å². The summed E-state index contributed by atoms with van der Waals surface area (Å²) >= 11 is 3.74. The van der Waals surface area contributed by atoms with Crippen LogP contribution in [0.25, 0.3) is 11.3 Å². The first kappa shape index (κ1) is 15.3. The third kappa shape index (κ3) is 2.81. The van der Waals surface area contributed by atoms with Gasteiger partial charge >= 0.3 is 0 Å². The first-order valence-corrected chi connectivity index (χ1v) is 7.69. The zero-order valence-electron chi connectivity index (χ0n) is 12.8. The molecule has 0 saturated carbocycles. The number of aryl methyl sites for hydroxylation is 4. The molecular weight excluding hydrogens is 314 g/mol. The van der Waals surface area contributed by atoms with Crippen molar-refractivity contribution in [3.63, 3.8) is 0 Å². The quantitative estimate of drug-likeness (QED) is 0.926. The van der Waals surface area contributed by atoms with Gasteiger partial charge in [0, 0.05) is 25.6 Å². The van der Waals surface area contributed by atoms with Gasteiger partial charge in [0.05, 0.1) is 15.9 Å². The lowest BCUT2D eigenvalue weighted by Crippen LogP contribution is -2.11. The molecule has 0 aliphatic rings. The largest absolute Gasteiger partial charge is 0.319 e. The molecule has 1 heterocycles. The van der Waals surface area contributed by atoms with Crippen molar-refractivity contribution in [2.75, 3.05) is 13.6 Å². The number of hydrogen-bond acceptors (Lipinski definition) is 2. The van der Waals surface area contributed by atoms with Crippen molar-refractivity contribution in [3.05, 3.63) is 39.0 Å². The fourth-order valence-corrected chi connectivity index (χ4v) is 3.21. The van der Waals surface area contributed by atoms with Crippen LogP contribution in [0.3, 0.4) is 0 Å². The molecule has 0 bridgehead atoms. The molecule has 0 unspecified atom stereocenters. The molecule has 3 nitrogen and oxygen atoms in total. The molecule has 1 aromatic carbocycles. The van der Waals surface area contributed by atoms with Crippen LogP contribution in [0.4, 0.5) is 0 Å². The number of benzene rings is 1. The lowest BCUT2D eigenvalue weighted by molar-refractivity contribution is 0.720. The molecule has 1 aromatic heterocycles. The van der Waals surface area contributed by atoms with Crippen molar-refractivity contribution in [1.82, 2.24) is 15.1 Å². The summed E-state index contributed by atoms with van der Waals surface area (Å²) in [6, 6.07) is 4.51. The zero-order valence-corrected chi connectivity index (χ0v) is 14.4. The third-order valence-electron chi connectivity index (χ3n) is 3.76. The van der Waals surface area contributed by atoms with E-state index in [-0.39, 0.29) is 0 Å². The summed E-state index contributed by atoms with van der Waals surface area (Å²) < 4.78 is 3.09. The van der Waals surface area contributed by atoms with E-state index in [2.05, 4.69) is 59.2 Å². The van der Waals surface area contributed by atoms with Crippen LogP contribution in [-0.4, -0.2) is 23.4 Å². The van der Waals surface area contributed by atoms with E-state index in [4.69, 9.17) is 0 Å². The minimum atomic E-state index is 0.925. The Hall–Kier alpha value is -1.13. The van der Waals surface area contributed by atoms with Crippen molar-refractivity contribution in [3.8, 4) is 11.3 Å². The Labute approximate surface area is 129 Å². The molecule has 4 heteroatoms. The van der Waals surface area contributed by atoms with Gasteiger partial charge in [-0.2, -0.15) is 5.10 Å². The minimum Gasteiger partial charge on any atom is -0.319 e. The second-order valence-electron chi connectivity index (χ2n) is 5.34. The highest BCUT2D eigenvalue weighted by Gasteiger charge is 2.17. The molecule has 0 radical (unpaired) electrons. The molecule has 0 fully saturated rings. The maximum atomic E-state index is 4.65. The van der Waals surface area contributed by atoms with E-state index in [1.165, 1.54) is 22.3 Å². The van der Waals surface area contributed by atoms with E-state index in [0.29, 0.717) is 0 Å². The van der Waals surface area contributed by atoms with Gasteiger partial charge in [0.2, 0.25) is 0 Å². The molecule has 0 atom stereocenters. The summed E-state index contributed by atoms with van der Waals surface area (Å²) in [6.07, 6.45) is 0.925. The number of nitrogens with one attached hydrogen (secondary N) is 1. The van der Waals surface area contributed by atoms with Gasteiger partial charge in [-0.15, -0.1) is 0 Å². The smallest absolute Gasteiger partial charge is 0.0826 e. The number of halogens is 1. The summed E-state index contributed by atoms with van der Waals surface area (Å²) in [6.45, 7) is 7.41. The molecule has 0 amide bonds. The Morgan fingerprint density at radius 2 is 1.80 bits per heavy atom. The Balaban J connectivity index is 2.53. The number of likely N-dealkylation sites (N-methyl/N-ethyl adjacent to an activating group) is 1. The number of nitrogens with zero attached hydrogens (tertiary/aromatic N) is 2. The fourth-order valence-electron chi connectivity index (χ4n) is 2.47. The third-order valence-corrected chi connectivity index (χ3v) is 4.60. The van der Waals surface area contributed by atoms with Crippen LogP contribution in [0.2, 0.25) is 0 Å². The molecule has 20 heavy (non-hydrogen) atoms. The average molecular weight is 336 g/mol. The van der Waals surface area contributed by atoms with E-state index in [0.717, 1.165) is 28.8 Å². The molecule has 0 spiro atoms. The van der Waals surface area contributed by atoms with Gasteiger partial charge in [-0.25, -0.2) is 0 Å². The van der Waals surface area contributed by atoms with Gasteiger partial charge in [-0.3, -0.25) is 4.68 Å². The van der Waals surface area contributed by atoms with Crippen LogP contribution >= 0.6 is 15.9 Å². The summed E-state index contributed by atoms with van der Waals surface area (Å²) in [5, 5.41) is 7.82. The highest BCUT2D eigenvalue weighted by molar-refractivity contribution is 9.10. The van der Waals surface area contributed by atoms with Crippen LogP contribution in [0, 0.1) is 20.8 Å². The van der Waals surface area contributed by atoms with Crippen molar-refractivity contribution in [1.29, 1.82) is 0 Å². The van der Waals surface area contributed by atoms with Gasteiger partial charge < -0.3 is 5.32 Å². The Bertz CT molecular complexity index is 629. The average Bonchev–Trinajstić information content (AvgIpc) is 2.67. The minimum absolute atomic E-state index is 0.925. The number of rotatable bonds is 4. The summed E-state index contributed by atoms with van der Waals surface area (Å²) in [5.74, 6) is 0. The molecular formula is C16H22BrN3. The van der Waals surface area contributed by atoms with E-state index >= 15 is 0 Å². The topological polar surface area (TPSA) is 29.9 Å². The Kier molecular flexibility index (Phi) is 4.66. The zero-order chi connectivity index (χ0) is 14.9. The van der Waals surface area contributed by atoms with Crippen molar-refractivity contribution in [2.24, 2.45) is 7.05 Å². The maximum Gasteiger partial charge on any atom is 0.0826 e. The molecule has 2 rings (SSSR count). The molecule has 108 valence electrons. The lowest BCUT2D eigenvalue weighted by atomic mass is 9.98. The van der Waals surface area contributed by atoms with Crippen LogP contribution in [0.1, 0.15) is 22.4 Å². The fraction of sp³-hybridized carbons (Fsp3) is 0.438. The van der Waals surface area contributed by atoms with Crippen LogP contribution in [-0.2, 0) is 13.5 Å². The second-order valence-corrected chi connectivity index (χ2v) is 6.13. The highest BCUT2D eigenvalue weighted by atomic mass is 79.9. The van der Waals surface area contributed by atoms with Gasteiger partial charge in [0.25, 0.3) is 0 Å². The van der Waals surface area contributed by atoms with E-state index in [9.17, 15) is 0 Å². The predicted molar refractivity (Wildman–Crippen MR) is 88.2 cm³/mol. The first-order chi connectivity index (χ1) is 9.45. The number of hydrogen-bond donors (Lipinski definition) is 1. The van der Waals surface area contributed by atoms with Crippen molar-refractivity contribution < 1.29 is 0 Å². The first-order valence-electron chi connectivity index (χ1n) is 6.90. The summed E-state index contributed by atoms with van der Waals surface area (Å²) in [7, 11) is 3.98. The maximum absolute atomic E-state index is 4.65. The molecule has 0 aliphatic carbocycles. The molecule has 0 saturated heterocycles. The van der Waals surface area contributed by atoms with Crippen LogP contribution < -0.4 is 5.32 Å². The second kappa shape index (κ2) is 6.10. The monoisotopic (exact) mass is 335 g/mol. The molecule has 1 N–H and O–H groups in total. The van der Waals surface area contributed by atoms with Crippen molar-refractivity contribution in [2.45, 2.75) is 27.2 Å². The SMILES string of the molecule is CNCCc1nn(C)c(-c2cc(C)c(C)cc2C)c1Br. The van der Waals surface area contributed by atoms with Gasteiger partial charge in [0.15, 0.2) is 0 Å². The Morgan fingerprint density at radius 1 is 1.15 bits per heavy atom. The van der Waals surface area contributed by atoms with E-state index in [1.807, 2.05) is 18.8 Å². The van der Waals surface area contributed by atoms with Gasteiger partial charge in [-0.05, 0) is 66.5 Å². The predicted octanol–water partition coefficient (Wildman–Crippen LogP) is 3.54. The normalized spacial score (nSPS) is 11.1. The van der Waals surface area contributed by atoms with E-state index in [1.54, 1.807) is 0 Å². The number of aromatic nitrogens is 2. The summed E-state index contributed by atoms with van der Waals surface area (Å²) in [5.41, 5.74) is 7.46. The van der Waals surface area contributed by atoms with Gasteiger partial charge in [0.1, 0.15) is 0 Å². The molecule has 0 aliphatic heterocycles. The molecule has 2 aromatic rings. The van der Waals surface area contributed by atoms with Crippen LogP contribution in [0.15, 0.2) is 16.6 Å². The summed E-state index contributed by atoms with van der Waals surface area (Å²) in [4.78, 5) is 0. The standard InChI is InChI=1S/C16H22BrN3/c1-10-8-12(3)13(9-11(10)2)16-15(17)14(6-7-18-4)19-20(16)5/h8-9,18H,6-7H2,1-5H3. The van der Waals surface area contributed by atoms with E-state index < -0.39 is 0 Å². The highest BCUT2D eigenvalue weighted by Crippen LogP contribution is 2.34. The van der Waals surface area contributed by atoms with Crippen LogP contribution in [0.5, 0.6) is 0 Å². The lowest BCUT2D eigenvalue weighted by Gasteiger charge is -2.11. The Morgan fingerprint density at radius 3 is 2.45 bits per heavy atom. The van der Waals surface area contributed by atoms with Crippen molar-refractivity contribution >= 4 is 15.9 Å².